The van der Waals surface area contributed by atoms with Crippen LogP contribution in [0.3, 0.4) is 0 Å². The highest BCUT2D eigenvalue weighted by molar-refractivity contribution is 5.99. The van der Waals surface area contributed by atoms with Crippen LogP contribution in [-0.4, -0.2) is 13.0 Å². The average molecular weight is 550 g/mol. The van der Waals surface area contributed by atoms with Crippen LogP contribution in [0.15, 0.2) is 48.5 Å². The predicted octanol–water partition coefficient (Wildman–Crippen LogP) is 8.33. The van der Waals surface area contributed by atoms with Crippen LogP contribution in [0.1, 0.15) is 50.3 Å². The second-order valence-corrected chi connectivity index (χ2v) is 11.0. The molecule has 39 heavy (non-hydrogen) atoms. The Balaban J connectivity index is 1.81. The van der Waals surface area contributed by atoms with Crippen LogP contribution in [0.5, 0.6) is 5.75 Å². The molecule has 208 valence electrons. The van der Waals surface area contributed by atoms with Crippen molar-refractivity contribution in [3.8, 4) is 16.9 Å². The van der Waals surface area contributed by atoms with Crippen LogP contribution in [0.25, 0.3) is 11.1 Å². The maximum atomic E-state index is 14.6. The van der Waals surface area contributed by atoms with Gasteiger partial charge in [-0.05, 0) is 60.1 Å². The number of ether oxygens (including phenoxy) is 1. The van der Waals surface area contributed by atoms with Gasteiger partial charge < -0.3 is 9.64 Å². The third-order valence-corrected chi connectivity index (χ3v) is 6.94. The molecule has 1 unspecified atom stereocenters. The number of alkyl halides is 3. The van der Waals surface area contributed by atoms with Gasteiger partial charge in [0.15, 0.2) is 0 Å². The van der Waals surface area contributed by atoms with E-state index in [4.69, 9.17) is 4.74 Å². The Morgan fingerprint density at radius 1 is 0.949 bits per heavy atom. The van der Waals surface area contributed by atoms with Crippen LogP contribution >= 0.6 is 0 Å². The Morgan fingerprint density at radius 2 is 1.67 bits per heavy atom. The lowest BCUT2D eigenvalue weighted by Gasteiger charge is -2.36. The SMILES string of the molecule is COc1cc2c(cc1-c1ccc(C(F)(F)F)c(F)c1)CC(CCC(C)(C)C)C(=O)N2Cc1ccc(F)cc1F. The molecule has 0 spiro atoms. The third kappa shape index (κ3) is 6.23. The molecular weight excluding hydrogens is 520 g/mol. The van der Waals surface area contributed by atoms with Gasteiger partial charge >= 0.3 is 6.18 Å². The lowest BCUT2D eigenvalue weighted by atomic mass is 9.81. The highest BCUT2D eigenvalue weighted by Crippen LogP contribution is 2.43. The lowest BCUT2D eigenvalue weighted by Crippen LogP contribution is -2.41. The van der Waals surface area contributed by atoms with Crippen molar-refractivity contribution in [1.82, 2.24) is 0 Å². The highest BCUT2D eigenvalue weighted by atomic mass is 19.4. The molecule has 1 amide bonds. The van der Waals surface area contributed by atoms with E-state index in [1.807, 2.05) is 0 Å². The van der Waals surface area contributed by atoms with Gasteiger partial charge in [-0.2, -0.15) is 13.2 Å². The Bertz CT molecular complexity index is 1390. The fourth-order valence-corrected chi connectivity index (χ4v) is 4.84. The first-order chi connectivity index (χ1) is 18.2. The number of methoxy groups -OCH3 is 1. The fourth-order valence-electron chi connectivity index (χ4n) is 4.84. The lowest BCUT2D eigenvalue weighted by molar-refractivity contribution is -0.140. The first kappa shape index (κ1) is 28.5. The predicted molar refractivity (Wildman–Crippen MR) is 137 cm³/mol. The number of carbonyl (C=O) groups excluding carboxylic acids is 1. The van der Waals surface area contributed by atoms with E-state index >= 15 is 0 Å². The molecule has 3 nitrogen and oxygen atoms in total. The van der Waals surface area contributed by atoms with Gasteiger partial charge in [-0.1, -0.05) is 32.9 Å². The summed E-state index contributed by atoms with van der Waals surface area (Å²) in [5, 5.41) is 0. The van der Waals surface area contributed by atoms with Gasteiger partial charge in [0.1, 0.15) is 23.2 Å². The molecule has 0 aliphatic carbocycles. The fraction of sp³-hybridized carbons (Fsp3) is 0.367. The summed E-state index contributed by atoms with van der Waals surface area (Å²) in [4.78, 5) is 15.1. The van der Waals surface area contributed by atoms with Crippen molar-refractivity contribution in [2.75, 3.05) is 12.0 Å². The third-order valence-electron chi connectivity index (χ3n) is 6.94. The van der Waals surface area contributed by atoms with E-state index in [2.05, 4.69) is 20.8 Å². The zero-order valence-electron chi connectivity index (χ0n) is 22.1. The molecule has 0 saturated heterocycles. The molecule has 1 aliphatic rings. The molecule has 3 aromatic carbocycles. The number of carbonyl (C=O) groups is 1. The van der Waals surface area contributed by atoms with Crippen LogP contribution in [0.4, 0.5) is 32.0 Å². The Hall–Kier alpha value is -3.49. The zero-order valence-corrected chi connectivity index (χ0v) is 22.1. The summed E-state index contributed by atoms with van der Waals surface area (Å²) in [6.07, 6.45) is -3.20. The van der Waals surface area contributed by atoms with Gasteiger partial charge in [0.2, 0.25) is 5.91 Å². The van der Waals surface area contributed by atoms with Crippen LogP contribution in [0.2, 0.25) is 0 Å². The van der Waals surface area contributed by atoms with Crippen molar-refractivity contribution in [2.45, 2.75) is 52.8 Å². The minimum atomic E-state index is -4.83. The van der Waals surface area contributed by atoms with Crippen molar-refractivity contribution in [3.05, 3.63) is 82.7 Å². The second-order valence-electron chi connectivity index (χ2n) is 11.0. The number of anilines is 1. The van der Waals surface area contributed by atoms with E-state index in [0.29, 0.717) is 35.7 Å². The Kier molecular flexibility index (Phi) is 7.74. The van der Waals surface area contributed by atoms with Crippen LogP contribution in [0, 0.1) is 28.8 Å². The highest BCUT2D eigenvalue weighted by Gasteiger charge is 2.36. The number of benzene rings is 3. The Labute approximate surface area is 223 Å². The second kappa shape index (κ2) is 10.6. The first-order valence-corrected chi connectivity index (χ1v) is 12.5. The van der Waals surface area contributed by atoms with E-state index in [9.17, 15) is 31.1 Å². The zero-order chi connectivity index (χ0) is 28.7. The van der Waals surface area contributed by atoms with E-state index in [1.165, 1.54) is 24.1 Å². The maximum Gasteiger partial charge on any atom is 0.419 e. The molecule has 0 radical (unpaired) electrons. The molecule has 1 aliphatic heterocycles. The molecule has 1 heterocycles. The standard InChI is InChI=1S/C30H29F6NO2/c1-29(2,3)10-9-18-11-20-12-22(17-6-8-23(25(33)13-17)30(34,35)36)27(39-4)15-26(20)37(28(18)38)16-19-5-7-21(31)14-24(19)32/h5-8,12-15,18H,9-11,16H2,1-4H3. The van der Waals surface area contributed by atoms with Crippen molar-refractivity contribution in [1.29, 1.82) is 0 Å². The van der Waals surface area contributed by atoms with Gasteiger partial charge in [-0.25, -0.2) is 13.2 Å². The van der Waals surface area contributed by atoms with E-state index in [1.54, 1.807) is 12.1 Å². The van der Waals surface area contributed by atoms with E-state index in [-0.39, 0.29) is 34.7 Å². The number of hydrogen-bond acceptors (Lipinski definition) is 2. The summed E-state index contributed by atoms with van der Waals surface area (Å²) in [5.41, 5.74) is 0.386. The van der Waals surface area contributed by atoms with Crippen LogP contribution < -0.4 is 9.64 Å². The van der Waals surface area contributed by atoms with Gasteiger partial charge in [-0.3, -0.25) is 4.79 Å². The summed E-state index contributed by atoms with van der Waals surface area (Å²) in [6.45, 7) is 6.02. The van der Waals surface area contributed by atoms with Gasteiger partial charge in [0.05, 0.1) is 24.9 Å². The number of amides is 1. The Morgan fingerprint density at radius 3 is 2.26 bits per heavy atom. The molecule has 0 saturated carbocycles. The molecule has 3 aromatic rings. The van der Waals surface area contributed by atoms with Crippen molar-refractivity contribution < 1.29 is 35.9 Å². The number of fused-ring (bicyclic) bond motifs is 1. The number of nitrogens with zero attached hydrogens (tertiary/aromatic N) is 1. The van der Waals surface area contributed by atoms with Crippen molar-refractivity contribution >= 4 is 11.6 Å². The molecule has 9 heteroatoms. The van der Waals surface area contributed by atoms with E-state index < -0.39 is 35.1 Å². The normalized spacial score (nSPS) is 15.9. The molecule has 1 atom stereocenters. The largest absolute Gasteiger partial charge is 0.496 e. The van der Waals surface area contributed by atoms with Crippen LogP contribution in [-0.2, 0) is 23.9 Å². The quantitative estimate of drug-likeness (QED) is 0.289. The summed E-state index contributed by atoms with van der Waals surface area (Å²) >= 11 is 0. The van der Waals surface area contributed by atoms with Gasteiger partial charge in [0.25, 0.3) is 0 Å². The minimum absolute atomic E-state index is 0.0444. The first-order valence-electron chi connectivity index (χ1n) is 12.5. The molecule has 4 rings (SSSR count). The number of halogens is 6. The van der Waals surface area contributed by atoms with E-state index in [0.717, 1.165) is 24.6 Å². The summed E-state index contributed by atoms with van der Waals surface area (Å²) in [5.74, 6) is -3.38. The van der Waals surface area contributed by atoms with Crippen molar-refractivity contribution in [2.24, 2.45) is 11.3 Å². The minimum Gasteiger partial charge on any atom is -0.496 e. The molecular formula is C30H29F6NO2. The topological polar surface area (TPSA) is 29.5 Å². The van der Waals surface area contributed by atoms with Gasteiger partial charge in [-0.15, -0.1) is 0 Å². The van der Waals surface area contributed by atoms with Crippen molar-refractivity contribution in [3.63, 3.8) is 0 Å². The monoisotopic (exact) mass is 549 g/mol. The molecule has 0 aromatic heterocycles. The molecule has 0 bridgehead atoms. The molecule has 0 fully saturated rings. The number of hydrogen-bond donors (Lipinski definition) is 0. The smallest absolute Gasteiger partial charge is 0.419 e. The van der Waals surface area contributed by atoms with Gasteiger partial charge in [0, 0.05) is 29.2 Å². The number of rotatable bonds is 6. The maximum absolute atomic E-state index is 14.6. The summed E-state index contributed by atoms with van der Waals surface area (Å²) in [7, 11) is 1.35. The average Bonchev–Trinajstić information content (AvgIpc) is 2.84. The summed E-state index contributed by atoms with van der Waals surface area (Å²) in [6, 6.07) is 9.06. The molecule has 0 N–H and O–H groups in total. The summed E-state index contributed by atoms with van der Waals surface area (Å²) < 4.78 is 87.3.